The van der Waals surface area contributed by atoms with Crippen molar-refractivity contribution in [2.45, 2.75) is 11.8 Å². The van der Waals surface area contributed by atoms with Gasteiger partial charge in [-0.25, -0.2) is 13.4 Å². The molecule has 3 rings (SSSR count). The van der Waals surface area contributed by atoms with Crippen molar-refractivity contribution in [1.29, 1.82) is 0 Å². The number of nitrogens with one attached hydrogen (secondary N) is 2. The van der Waals surface area contributed by atoms with E-state index in [1.807, 2.05) is 0 Å². The molecule has 0 radical (unpaired) electrons. The molecule has 0 aliphatic carbocycles. The first-order chi connectivity index (χ1) is 14.8. The van der Waals surface area contributed by atoms with Crippen LogP contribution in [0.4, 0.5) is 10.8 Å². The summed E-state index contributed by atoms with van der Waals surface area (Å²) in [7, 11) is -2.33. The van der Waals surface area contributed by atoms with Gasteiger partial charge in [0.25, 0.3) is 15.9 Å². The Morgan fingerprint density at radius 2 is 1.84 bits per heavy atom. The number of hydrogen-bond acceptors (Lipinski definition) is 8. The molecule has 0 fully saturated rings. The average molecular weight is 462 g/mol. The molecule has 1 aromatic heterocycles. The maximum absolute atomic E-state index is 12.3. The van der Waals surface area contributed by atoms with E-state index in [9.17, 15) is 18.0 Å². The van der Waals surface area contributed by atoms with Crippen molar-refractivity contribution in [3.8, 4) is 11.5 Å². The third kappa shape index (κ3) is 5.80. The fourth-order valence-corrected chi connectivity index (χ4v) is 4.30. The van der Waals surface area contributed by atoms with Gasteiger partial charge in [0.2, 0.25) is 0 Å². The molecule has 0 spiro atoms. The van der Waals surface area contributed by atoms with Crippen LogP contribution in [0, 0.1) is 0 Å². The predicted molar refractivity (Wildman–Crippen MR) is 116 cm³/mol. The summed E-state index contributed by atoms with van der Waals surface area (Å²) in [6.07, 6.45) is 1.50. The van der Waals surface area contributed by atoms with Gasteiger partial charge in [-0.2, -0.15) is 0 Å². The van der Waals surface area contributed by atoms with Gasteiger partial charge in [-0.05, 0) is 49.4 Å². The van der Waals surface area contributed by atoms with Crippen molar-refractivity contribution in [1.82, 2.24) is 4.98 Å². The standard InChI is InChI=1S/C20H19N3O6S2/c1-13(24)14-3-8-17(18(11-14)28-2)29-12-19(25)22-15-4-6-16(7-5-15)31(26,27)23-20-21-9-10-30-20/h3-11H,12H2,1-2H3,(H,21,23)(H,22,25). The highest BCUT2D eigenvalue weighted by atomic mass is 32.2. The lowest BCUT2D eigenvalue weighted by atomic mass is 10.1. The average Bonchev–Trinajstić information content (AvgIpc) is 3.24. The van der Waals surface area contributed by atoms with Gasteiger partial charge >= 0.3 is 0 Å². The number of thiazole rings is 1. The molecule has 0 bridgehead atoms. The molecule has 0 saturated carbocycles. The molecule has 9 nitrogen and oxygen atoms in total. The van der Waals surface area contributed by atoms with Crippen molar-refractivity contribution in [3.05, 3.63) is 59.6 Å². The van der Waals surface area contributed by atoms with Gasteiger partial charge < -0.3 is 14.8 Å². The fourth-order valence-electron chi connectivity index (χ4n) is 2.51. The fraction of sp³-hybridized carbons (Fsp3) is 0.150. The van der Waals surface area contributed by atoms with Gasteiger partial charge in [0.15, 0.2) is 29.0 Å². The van der Waals surface area contributed by atoms with Crippen LogP contribution in [-0.4, -0.2) is 38.8 Å². The van der Waals surface area contributed by atoms with E-state index in [4.69, 9.17) is 9.47 Å². The van der Waals surface area contributed by atoms with Crippen LogP contribution < -0.4 is 19.5 Å². The number of rotatable bonds is 9. The van der Waals surface area contributed by atoms with E-state index in [0.29, 0.717) is 22.7 Å². The Morgan fingerprint density at radius 1 is 1.10 bits per heavy atom. The molecule has 1 amide bonds. The molecule has 1 heterocycles. The second kappa shape index (κ2) is 9.58. The van der Waals surface area contributed by atoms with E-state index < -0.39 is 15.9 Å². The van der Waals surface area contributed by atoms with Gasteiger partial charge in [0, 0.05) is 22.8 Å². The van der Waals surface area contributed by atoms with Crippen LogP contribution in [0.3, 0.4) is 0 Å². The van der Waals surface area contributed by atoms with E-state index >= 15 is 0 Å². The minimum Gasteiger partial charge on any atom is -0.493 e. The van der Waals surface area contributed by atoms with Crippen molar-refractivity contribution < 1.29 is 27.5 Å². The van der Waals surface area contributed by atoms with E-state index in [2.05, 4.69) is 15.0 Å². The summed E-state index contributed by atoms with van der Waals surface area (Å²) in [4.78, 5) is 27.6. The maximum atomic E-state index is 12.3. The van der Waals surface area contributed by atoms with E-state index in [1.54, 1.807) is 17.5 Å². The Labute approximate surface area is 183 Å². The number of amides is 1. The van der Waals surface area contributed by atoms with Gasteiger partial charge in [-0.1, -0.05) is 0 Å². The number of nitrogens with zero attached hydrogens (tertiary/aromatic N) is 1. The second-order valence-corrected chi connectivity index (χ2v) is 8.80. The molecular formula is C20H19N3O6S2. The Balaban J connectivity index is 1.59. The van der Waals surface area contributed by atoms with Crippen LogP contribution in [0.1, 0.15) is 17.3 Å². The third-order valence-electron chi connectivity index (χ3n) is 4.03. The summed E-state index contributed by atoms with van der Waals surface area (Å²) >= 11 is 1.17. The summed E-state index contributed by atoms with van der Waals surface area (Å²) in [6, 6.07) is 10.3. The van der Waals surface area contributed by atoms with Crippen molar-refractivity contribution in [2.24, 2.45) is 0 Å². The topological polar surface area (TPSA) is 124 Å². The number of methoxy groups -OCH3 is 1. The number of aromatic nitrogens is 1. The van der Waals surface area contributed by atoms with E-state index in [-0.39, 0.29) is 22.4 Å². The summed E-state index contributed by atoms with van der Waals surface area (Å²) in [5.74, 6) is 0.0873. The highest BCUT2D eigenvalue weighted by Gasteiger charge is 2.16. The normalized spacial score (nSPS) is 10.9. The summed E-state index contributed by atoms with van der Waals surface area (Å²) in [5, 5.41) is 4.54. The SMILES string of the molecule is COc1cc(C(C)=O)ccc1OCC(=O)Nc1ccc(S(=O)(=O)Nc2nccs2)cc1. The number of ether oxygens (including phenoxy) is 2. The Kier molecular flexibility index (Phi) is 6.88. The summed E-state index contributed by atoms with van der Waals surface area (Å²) in [5.41, 5.74) is 0.869. The van der Waals surface area contributed by atoms with Crippen molar-refractivity contribution in [3.63, 3.8) is 0 Å². The quantitative estimate of drug-likeness (QED) is 0.469. The predicted octanol–water partition coefficient (Wildman–Crippen LogP) is 3.17. The molecule has 0 saturated heterocycles. The zero-order valence-electron chi connectivity index (χ0n) is 16.6. The highest BCUT2D eigenvalue weighted by molar-refractivity contribution is 7.93. The molecule has 0 aliphatic rings. The first-order valence-electron chi connectivity index (χ1n) is 8.92. The zero-order valence-corrected chi connectivity index (χ0v) is 18.2. The largest absolute Gasteiger partial charge is 0.493 e. The molecule has 0 atom stereocenters. The van der Waals surface area contributed by atoms with Gasteiger partial charge in [-0.15, -0.1) is 11.3 Å². The molecule has 0 unspecified atom stereocenters. The second-order valence-electron chi connectivity index (χ2n) is 6.23. The molecule has 0 aliphatic heterocycles. The number of benzene rings is 2. The first kappa shape index (κ1) is 22.2. The van der Waals surface area contributed by atoms with E-state index in [1.165, 1.54) is 61.9 Å². The van der Waals surface area contributed by atoms with E-state index in [0.717, 1.165) is 0 Å². The number of anilines is 2. The molecule has 3 aromatic rings. The van der Waals surface area contributed by atoms with Crippen LogP contribution in [0.5, 0.6) is 11.5 Å². The smallest absolute Gasteiger partial charge is 0.263 e. The van der Waals surface area contributed by atoms with Crippen LogP contribution in [0.25, 0.3) is 0 Å². The Hall–Kier alpha value is -3.44. The third-order valence-corrected chi connectivity index (χ3v) is 6.20. The van der Waals surface area contributed by atoms with Crippen molar-refractivity contribution in [2.75, 3.05) is 23.8 Å². The lowest BCUT2D eigenvalue weighted by Gasteiger charge is -2.12. The molecule has 2 aromatic carbocycles. The molecular weight excluding hydrogens is 442 g/mol. The van der Waals surface area contributed by atoms with Gasteiger partial charge in [0.1, 0.15) is 0 Å². The Bertz CT molecular complexity index is 1180. The highest BCUT2D eigenvalue weighted by Crippen LogP contribution is 2.28. The number of sulfonamides is 1. The lowest BCUT2D eigenvalue weighted by molar-refractivity contribution is -0.118. The summed E-state index contributed by atoms with van der Waals surface area (Å²) < 4.78 is 37.7. The minimum atomic E-state index is -3.77. The van der Waals surface area contributed by atoms with Gasteiger partial charge in [0.05, 0.1) is 12.0 Å². The number of Topliss-reactive ketones (excluding diaryl/α,β-unsaturated/α-hetero) is 1. The zero-order chi connectivity index (χ0) is 22.4. The van der Waals surface area contributed by atoms with Crippen LogP contribution in [0.2, 0.25) is 0 Å². The minimum absolute atomic E-state index is 0.0345. The molecule has 11 heteroatoms. The summed E-state index contributed by atoms with van der Waals surface area (Å²) in [6.45, 7) is 1.13. The number of ketones is 1. The van der Waals surface area contributed by atoms with Crippen LogP contribution in [-0.2, 0) is 14.8 Å². The molecule has 162 valence electrons. The first-order valence-corrected chi connectivity index (χ1v) is 11.3. The Morgan fingerprint density at radius 3 is 2.45 bits per heavy atom. The number of carbonyl (C=O) groups excluding carboxylic acids is 2. The van der Waals surface area contributed by atoms with Gasteiger partial charge in [-0.3, -0.25) is 14.3 Å². The van der Waals surface area contributed by atoms with Crippen molar-refractivity contribution >= 4 is 43.9 Å². The maximum Gasteiger partial charge on any atom is 0.263 e. The van der Waals surface area contributed by atoms with Crippen LogP contribution in [0.15, 0.2) is 58.9 Å². The monoisotopic (exact) mass is 461 g/mol. The molecule has 31 heavy (non-hydrogen) atoms. The number of hydrogen-bond donors (Lipinski definition) is 2. The molecule has 2 N–H and O–H groups in total. The lowest BCUT2D eigenvalue weighted by Crippen LogP contribution is -2.20. The van der Waals surface area contributed by atoms with Crippen LogP contribution >= 0.6 is 11.3 Å². The number of carbonyl (C=O) groups is 2.